The van der Waals surface area contributed by atoms with Crippen LogP contribution in [0.4, 0.5) is 0 Å². The monoisotopic (exact) mass is 358 g/mol. The number of hydrogen-bond acceptors (Lipinski definition) is 3. The van der Waals surface area contributed by atoms with Crippen molar-refractivity contribution in [2.75, 3.05) is 13.2 Å². The third kappa shape index (κ3) is 4.12. The van der Waals surface area contributed by atoms with Crippen LogP contribution >= 0.6 is 11.6 Å². The van der Waals surface area contributed by atoms with Gasteiger partial charge in [-0.25, -0.2) is 0 Å². The molecule has 2 aromatic rings. The predicted octanol–water partition coefficient (Wildman–Crippen LogP) is 3.18. The number of amides is 2. The van der Waals surface area contributed by atoms with Crippen molar-refractivity contribution in [2.24, 2.45) is 5.73 Å². The normalized spacial score (nSPS) is 16.7. The lowest BCUT2D eigenvalue weighted by atomic mass is 10.0. The van der Waals surface area contributed by atoms with Crippen LogP contribution in [0.25, 0.3) is 0 Å². The number of hydrogen-bond donors (Lipinski definition) is 1. The number of ether oxygens (including phenoxy) is 1. The Morgan fingerprint density at radius 2 is 1.96 bits per heavy atom. The summed E-state index contributed by atoms with van der Waals surface area (Å²) in [5.74, 6) is -0.0614. The van der Waals surface area contributed by atoms with E-state index in [0.717, 1.165) is 24.9 Å². The molecular formula is C19H19ClN2O3. The zero-order valence-electron chi connectivity index (χ0n) is 13.7. The Hall–Kier alpha value is -2.53. The van der Waals surface area contributed by atoms with E-state index in [1.54, 1.807) is 24.3 Å². The van der Waals surface area contributed by atoms with Gasteiger partial charge >= 0.3 is 0 Å². The molecule has 25 heavy (non-hydrogen) atoms. The van der Waals surface area contributed by atoms with Gasteiger partial charge in [-0.2, -0.15) is 0 Å². The van der Waals surface area contributed by atoms with Gasteiger partial charge < -0.3 is 15.4 Å². The van der Waals surface area contributed by atoms with Gasteiger partial charge in [0, 0.05) is 17.1 Å². The maximum Gasteiger partial charge on any atom is 0.255 e. The molecule has 0 radical (unpaired) electrons. The summed E-state index contributed by atoms with van der Waals surface area (Å²) in [6.07, 6.45) is 1.88. The summed E-state index contributed by atoms with van der Waals surface area (Å²) in [5.41, 5.74) is 6.69. The third-order valence-corrected chi connectivity index (χ3v) is 4.46. The highest BCUT2D eigenvalue weighted by Gasteiger charge is 2.30. The van der Waals surface area contributed by atoms with E-state index in [1.165, 1.54) is 0 Å². The van der Waals surface area contributed by atoms with Crippen LogP contribution < -0.4 is 10.5 Å². The number of primary amides is 1. The number of halogens is 1. The average Bonchev–Trinajstić information content (AvgIpc) is 3.09. The van der Waals surface area contributed by atoms with E-state index in [2.05, 4.69) is 0 Å². The molecule has 0 bridgehead atoms. The van der Waals surface area contributed by atoms with Crippen LogP contribution in [0.3, 0.4) is 0 Å². The zero-order chi connectivity index (χ0) is 17.8. The maximum absolute atomic E-state index is 12.9. The average molecular weight is 359 g/mol. The van der Waals surface area contributed by atoms with Crippen LogP contribution in [0.15, 0.2) is 48.5 Å². The molecule has 0 aliphatic carbocycles. The lowest BCUT2D eigenvalue weighted by molar-refractivity contribution is -0.119. The van der Waals surface area contributed by atoms with Crippen molar-refractivity contribution >= 4 is 23.4 Å². The first-order valence-electron chi connectivity index (χ1n) is 8.12. The molecule has 0 aromatic heterocycles. The summed E-state index contributed by atoms with van der Waals surface area (Å²) in [4.78, 5) is 25.5. The smallest absolute Gasteiger partial charge is 0.255 e. The van der Waals surface area contributed by atoms with Gasteiger partial charge in [0.05, 0.1) is 6.04 Å². The molecule has 2 N–H and O–H groups in total. The van der Waals surface area contributed by atoms with E-state index in [4.69, 9.17) is 22.1 Å². The zero-order valence-corrected chi connectivity index (χ0v) is 14.4. The van der Waals surface area contributed by atoms with Crippen LogP contribution in [-0.2, 0) is 4.79 Å². The summed E-state index contributed by atoms with van der Waals surface area (Å²) < 4.78 is 5.22. The second kappa shape index (κ2) is 7.57. The van der Waals surface area contributed by atoms with Crippen LogP contribution in [0.2, 0.25) is 5.02 Å². The first kappa shape index (κ1) is 17.3. The molecule has 1 fully saturated rings. The Morgan fingerprint density at radius 1 is 1.20 bits per heavy atom. The first-order chi connectivity index (χ1) is 12.0. The number of likely N-dealkylation sites (tertiary alicyclic amines) is 1. The molecule has 1 aliphatic heterocycles. The van der Waals surface area contributed by atoms with Crippen LogP contribution in [-0.4, -0.2) is 29.9 Å². The highest BCUT2D eigenvalue weighted by atomic mass is 35.5. The Bertz CT molecular complexity index is 776. The molecule has 5 nitrogen and oxygen atoms in total. The summed E-state index contributed by atoms with van der Waals surface area (Å²) in [7, 11) is 0. The van der Waals surface area contributed by atoms with Gasteiger partial charge in [0.25, 0.3) is 11.8 Å². The van der Waals surface area contributed by atoms with Crippen molar-refractivity contribution in [1.29, 1.82) is 0 Å². The van der Waals surface area contributed by atoms with E-state index in [9.17, 15) is 9.59 Å². The Morgan fingerprint density at radius 3 is 2.64 bits per heavy atom. The van der Waals surface area contributed by atoms with Gasteiger partial charge in [-0.1, -0.05) is 23.7 Å². The van der Waals surface area contributed by atoms with E-state index in [-0.39, 0.29) is 18.6 Å². The lowest BCUT2D eigenvalue weighted by Crippen LogP contribution is -2.30. The van der Waals surface area contributed by atoms with Gasteiger partial charge in [-0.15, -0.1) is 0 Å². The summed E-state index contributed by atoms with van der Waals surface area (Å²) in [6, 6.07) is 14.4. The molecule has 1 unspecified atom stereocenters. The van der Waals surface area contributed by atoms with Crippen molar-refractivity contribution in [3.8, 4) is 5.75 Å². The topological polar surface area (TPSA) is 72.6 Å². The molecule has 1 heterocycles. The molecule has 130 valence electrons. The molecule has 1 aliphatic rings. The Balaban J connectivity index is 1.74. The number of carbonyl (C=O) groups excluding carboxylic acids is 2. The lowest BCUT2D eigenvalue weighted by Gasteiger charge is -2.25. The number of nitrogens with zero attached hydrogens (tertiary/aromatic N) is 1. The van der Waals surface area contributed by atoms with Crippen molar-refractivity contribution in [2.45, 2.75) is 18.9 Å². The van der Waals surface area contributed by atoms with E-state index in [1.807, 2.05) is 29.2 Å². The summed E-state index contributed by atoms with van der Waals surface area (Å²) in [5, 5.41) is 0.674. The fourth-order valence-electron chi connectivity index (χ4n) is 3.08. The minimum atomic E-state index is -0.540. The molecule has 0 saturated carbocycles. The molecule has 6 heteroatoms. The predicted molar refractivity (Wildman–Crippen MR) is 95.6 cm³/mol. The molecule has 2 aromatic carbocycles. The van der Waals surface area contributed by atoms with E-state index in [0.29, 0.717) is 16.3 Å². The Labute approximate surface area is 151 Å². The maximum atomic E-state index is 12.9. The van der Waals surface area contributed by atoms with E-state index < -0.39 is 5.91 Å². The highest BCUT2D eigenvalue weighted by Crippen LogP contribution is 2.34. The number of rotatable bonds is 5. The van der Waals surface area contributed by atoms with Crippen LogP contribution in [0, 0.1) is 0 Å². The number of benzene rings is 2. The van der Waals surface area contributed by atoms with Gasteiger partial charge in [-0.3, -0.25) is 9.59 Å². The quantitative estimate of drug-likeness (QED) is 0.892. The Kier molecular flexibility index (Phi) is 5.24. The third-order valence-electron chi connectivity index (χ3n) is 4.23. The molecule has 1 atom stereocenters. The molecule has 3 rings (SSSR count). The van der Waals surface area contributed by atoms with E-state index >= 15 is 0 Å². The second-order valence-corrected chi connectivity index (χ2v) is 6.43. The van der Waals surface area contributed by atoms with Gasteiger partial charge in [0.1, 0.15) is 5.75 Å². The van der Waals surface area contributed by atoms with Gasteiger partial charge in [0.15, 0.2) is 6.61 Å². The summed E-state index contributed by atoms with van der Waals surface area (Å²) >= 11 is 6.09. The van der Waals surface area contributed by atoms with Crippen LogP contribution in [0.5, 0.6) is 5.75 Å². The largest absolute Gasteiger partial charge is 0.484 e. The van der Waals surface area contributed by atoms with Gasteiger partial charge in [-0.05, 0) is 54.8 Å². The molecule has 0 spiro atoms. The molecule has 1 saturated heterocycles. The van der Waals surface area contributed by atoms with Crippen molar-refractivity contribution in [1.82, 2.24) is 4.90 Å². The standard InChI is InChI=1S/C19H19ClN2O3/c20-15-4-1-3-14(11-15)17-5-2-10-22(17)19(24)13-6-8-16(9-7-13)25-12-18(21)23/h1,3-4,6-9,11,17H,2,5,10,12H2,(H2,21,23). The minimum absolute atomic E-state index is 0.0241. The fraction of sp³-hybridized carbons (Fsp3) is 0.263. The minimum Gasteiger partial charge on any atom is -0.484 e. The SMILES string of the molecule is NC(=O)COc1ccc(C(=O)N2CCCC2c2cccc(Cl)c2)cc1. The highest BCUT2D eigenvalue weighted by molar-refractivity contribution is 6.30. The van der Waals surface area contributed by atoms with Crippen molar-refractivity contribution in [3.05, 3.63) is 64.7 Å². The van der Waals surface area contributed by atoms with Crippen LogP contribution in [0.1, 0.15) is 34.8 Å². The van der Waals surface area contributed by atoms with Gasteiger partial charge in [0.2, 0.25) is 0 Å². The van der Waals surface area contributed by atoms with Crippen molar-refractivity contribution in [3.63, 3.8) is 0 Å². The molecular weight excluding hydrogens is 340 g/mol. The second-order valence-electron chi connectivity index (χ2n) is 5.99. The van der Waals surface area contributed by atoms with Crippen molar-refractivity contribution < 1.29 is 14.3 Å². The first-order valence-corrected chi connectivity index (χ1v) is 8.50. The summed E-state index contributed by atoms with van der Waals surface area (Å²) in [6.45, 7) is 0.534. The fourth-order valence-corrected chi connectivity index (χ4v) is 3.28. The number of nitrogens with two attached hydrogens (primary N) is 1. The number of carbonyl (C=O) groups is 2. The molecule has 2 amide bonds.